The van der Waals surface area contributed by atoms with Crippen LogP contribution in [0.1, 0.15) is 6.92 Å². The molecule has 7 aromatic rings. The van der Waals surface area contributed by atoms with Crippen molar-refractivity contribution in [1.29, 1.82) is 0 Å². The van der Waals surface area contributed by atoms with Gasteiger partial charge in [0.15, 0.2) is 5.58 Å². The molecule has 0 saturated heterocycles. The third-order valence-corrected chi connectivity index (χ3v) is 7.42. The van der Waals surface area contributed by atoms with E-state index >= 15 is 0 Å². The minimum absolute atomic E-state index is 0.585. The lowest BCUT2D eigenvalue weighted by atomic mass is 10.1. The molecule has 42 heavy (non-hydrogen) atoms. The van der Waals surface area contributed by atoms with Gasteiger partial charge in [-0.05, 0) is 79.7 Å². The topological polar surface area (TPSA) is 47.1 Å². The fourth-order valence-electron chi connectivity index (χ4n) is 5.49. The maximum absolute atomic E-state index is 5.97. The molecular weight excluding hydrogens is 516 g/mol. The highest BCUT2D eigenvalue weighted by Gasteiger charge is 2.17. The number of benzene rings is 4. The van der Waals surface area contributed by atoms with E-state index in [0.717, 1.165) is 50.5 Å². The first-order chi connectivity index (χ1) is 20.7. The second kappa shape index (κ2) is 10.7. The van der Waals surface area contributed by atoms with Crippen LogP contribution in [0.3, 0.4) is 0 Å². The zero-order chi connectivity index (χ0) is 28.5. The number of pyridine rings is 1. The molecule has 202 valence electrons. The number of fused-ring (bicyclic) bond motifs is 4. The van der Waals surface area contributed by atoms with Crippen LogP contribution in [-0.4, -0.2) is 14.5 Å². The Morgan fingerprint density at radius 2 is 1.62 bits per heavy atom. The molecule has 0 unspecified atom stereocenters. The summed E-state index contributed by atoms with van der Waals surface area (Å²) in [5.41, 5.74) is 8.86. The van der Waals surface area contributed by atoms with Gasteiger partial charge in [-0.1, -0.05) is 55.1 Å². The number of hydrogen-bond acceptors (Lipinski definition) is 4. The Bertz CT molecular complexity index is 2080. The Morgan fingerprint density at radius 3 is 2.40 bits per heavy atom. The largest absolute Gasteiger partial charge is 0.436 e. The van der Waals surface area contributed by atoms with Gasteiger partial charge >= 0.3 is 0 Å². The molecule has 0 bridgehead atoms. The maximum Gasteiger partial charge on any atom is 0.227 e. The summed E-state index contributed by atoms with van der Waals surface area (Å²) < 4.78 is 8.28. The summed E-state index contributed by atoms with van der Waals surface area (Å²) in [7, 11) is 0. The highest BCUT2D eigenvalue weighted by atomic mass is 16.3. The number of aromatic nitrogens is 3. The Labute approximate surface area is 244 Å². The predicted octanol–water partition coefficient (Wildman–Crippen LogP) is 9.77. The van der Waals surface area contributed by atoms with Gasteiger partial charge in [0, 0.05) is 51.4 Å². The standard InChI is InChI=1S/C37H28N4O/c1-3-5-11-27(4-2)40(28-12-7-6-8-13-28)30-20-21-35-32(24-30)31-14-9-10-15-34(31)41(35)29-18-16-26(17-19-29)37-39-33-25-38-23-22-36(33)42-37/h3-25H,2H2,1H3/b5-3-,27-11+. The monoisotopic (exact) mass is 544 g/mol. The van der Waals surface area contributed by atoms with Crippen molar-refractivity contribution in [3.63, 3.8) is 0 Å². The molecule has 3 heterocycles. The van der Waals surface area contributed by atoms with Crippen molar-refractivity contribution in [2.75, 3.05) is 4.90 Å². The predicted molar refractivity (Wildman–Crippen MR) is 173 cm³/mol. The van der Waals surface area contributed by atoms with Gasteiger partial charge in [0.1, 0.15) is 5.52 Å². The molecule has 5 nitrogen and oxygen atoms in total. The molecule has 5 heteroatoms. The third kappa shape index (κ3) is 4.38. The average molecular weight is 545 g/mol. The van der Waals surface area contributed by atoms with E-state index in [1.54, 1.807) is 12.4 Å². The van der Waals surface area contributed by atoms with E-state index in [2.05, 4.69) is 123 Å². The second-order valence-corrected chi connectivity index (χ2v) is 9.96. The van der Waals surface area contributed by atoms with E-state index in [1.165, 1.54) is 10.8 Å². The molecule has 7 rings (SSSR count). The van der Waals surface area contributed by atoms with Gasteiger partial charge < -0.3 is 13.9 Å². The average Bonchev–Trinajstić information content (AvgIpc) is 3.63. The summed E-state index contributed by atoms with van der Waals surface area (Å²) in [6, 6.07) is 35.8. The summed E-state index contributed by atoms with van der Waals surface area (Å²) in [6.45, 7) is 6.14. The molecule has 3 aromatic heterocycles. The Hall–Kier alpha value is -5.68. The first-order valence-electron chi connectivity index (χ1n) is 13.9. The number of para-hydroxylation sites is 2. The van der Waals surface area contributed by atoms with Crippen molar-refractivity contribution < 1.29 is 4.42 Å². The van der Waals surface area contributed by atoms with Gasteiger partial charge in [-0.2, -0.15) is 0 Å². The van der Waals surface area contributed by atoms with E-state index in [1.807, 2.05) is 37.3 Å². The minimum atomic E-state index is 0.585. The van der Waals surface area contributed by atoms with Gasteiger partial charge in [-0.15, -0.1) is 0 Å². The van der Waals surface area contributed by atoms with Crippen molar-refractivity contribution in [1.82, 2.24) is 14.5 Å². The second-order valence-electron chi connectivity index (χ2n) is 9.96. The molecule has 0 spiro atoms. The Kier molecular flexibility index (Phi) is 6.45. The van der Waals surface area contributed by atoms with Crippen LogP contribution in [0, 0.1) is 0 Å². The molecule has 4 aromatic carbocycles. The molecule has 0 aliphatic carbocycles. The number of rotatable bonds is 7. The molecule has 0 radical (unpaired) electrons. The summed E-state index contributed by atoms with van der Waals surface area (Å²) in [4.78, 5) is 11.0. The Morgan fingerprint density at radius 1 is 0.833 bits per heavy atom. The van der Waals surface area contributed by atoms with Crippen LogP contribution in [0.4, 0.5) is 11.4 Å². The molecular formula is C37H28N4O. The summed E-state index contributed by atoms with van der Waals surface area (Å²) >= 11 is 0. The van der Waals surface area contributed by atoms with Gasteiger partial charge in [-0.25, -0.2) is 4.98 Å². The van der Waals surface area contributed by atoms with Crippen molar-refractivity contribution in [2.24, 2.45) is 0 Å². The molecule has 0 fully saturated rings. The fourth-order valence-corrected chi connectivity index (χ4v) is 5.49. The van der Waals surface area contributed by atoms with E-state index in [0.29, 0.717) is 5.89 Å². The summed E-state index contributed by atoms with van der Waals surface area (Å²) in [6.07, 6.45) is 11.5. The van der Waals surface area contributed by atoms with E-state index < -0.39 is 0 Å². The van der Waals surface area contributed by atoms with Gasteiger partial charge in [0.05, 0.1) is 17.2 Å². The lowest BCUT2D eigenvalue weighted by Crippen LogP contribution is -2.14. The number of hydrogen-bond donors (Lipinski definition) is 0. The zero-order valence-electron chi connectivity index (χ0n) is 23.2. The molecule has 0 amide bonds. The number of allylic oxidation sites excluding steroid dienone is 4. The van der Waals surface area contributed by atoms with E-state index in [-0.39, 0.29) is 0 Å². The van der Waals surface area contributed by atoms with E-state index in [4.69, 9.17) is 4.42 Å². The molecule has 0 saturated carbocycles. The van der Waals surface area contributed by atoms with Crippen LogP contribution in [0.2, 0.25) is 0 Å². The van der Waals surface area contributed by atoms with Crippen molar-refractivity contribution >= 4 is 44.3 Å². The molecule has 0 atom stereocenters. The number of anilines is 2. The molecule has 0 aliphatic rings. The van der Waals surface area contributed by atoms with Crippen LogP contribution in [0.15, 0.2) is 157 Å². The van der Waals surface area contributed by atoms with Gasteiger partial charge in [0.2, 0.25) is 5.89 Å². The number of nitrogens with zero attached hydrogens (tertiary/aromatic N) is 4. The highest BCUT2D eigenvalue weighted by Crippen LogP contribution is 2.38. The minimum Gasteiger partial charge on any atom is -0.436 e. The highest BCUT2D eigenvalue weighted by molar-refractivity contribution is 6.10. The van der Waals surface area contributed by atoms with Crippen molar-refractivity contribution in [3.8, 4) is 17.1 Å². The van der Waals surface area contributed by atoms with Gasteiger partial charge in [-0.3, -0.25) is 4.98 Å². The quantitative estimate of drug-likeness (QED) is 0.187. The zero-order valence-corrected chi connectivity index (χ0v) is 23.2. The van der Waals surface area contributed by atoms with Crippen LogP contribution in [-0.2, 0) is 0 Å². The van der Waals surface area contributed by atoms with E-state index in [9.17, 15) is 0 Å². The molecule has 0 N–H and O–H groups in total. The smallest absolute Gasteiger partial charge is 0.227 e. The van der Waals surface area contributed by atoms with Crippen LogP contribution >= 0.6 is 0 Å². The lowest BCUT2D eigenvalue weighted by molar-refractivity contribution is 0.619. The first kappa shape index (κ1) is 25.3. The Balaban J connectivity index is 1.37. The lowest BCUT2D eigenvalue weighted by Gasteiger charge is -2.26. The van der Waals surface area contributed by atoms with Crippen LogP contribution in [0.25, 0.3) is 50.0 Å². The third-order valence-electron chi connectivity index (χ3n) is 7.42. The SMILES string of the molecule is C=C/C(=C\C=C/C)N(c1ccccc1)c1ccc2c(c1)c1ccccc1n2-c1ccc(-c2nc3cnccc3o2)cc1. The maximum atomic E-state index is 5.97. The van der Waals surface area contributed by atoms with Crippen LogP contribution < -0.4 is 4.90 Å². The van der Waals surface area contributed by atoms with Gasteiger partial charge in [0.25, 0.3) is 0 Å². The van der Waals surface area contributed by atoms with Crippen molar-refractivity contribution in [3.05, 3.63) is 152 Å². The summed E-state index contributed by atoms with van der Waals surface area (Å²) in [5, 5.41) is 2.37. The van der Waals surface area contributed by atoms with Crippen molar-refractivity contribution in [2.45, 2.75) is 6.92 Å². The normalized spacial score (nSPS) is 12.1. The first-order valence-corrected chi connectivity index (χ1v) is 13.9. The molecule has 0 aliphatic heterocycles. The fraction of sp³-hybridized carbons (Fsp3) is 0.0270. The summed E-state index contributed by atoms with van der Waals surface area (Å²) in [5.74, 6) is 0.585. The number of oxazole rings is 1. The van der Waals surface area contributed by atoms with Crippen LogP contribution in [0.5, 0.6) is 0 Å².